The van der Waals surface area contributed by atoms with E-state index in [2.05, 4.69) is 53.6 Å². The first-order chi connectivity index (χ1) is 14.2. The molecule has 0 spiro atoms. The van der Waals surface area contributed by atoms with Crippen LogP contribution in [0.3, 0.4) is 0 Å². The predicted molar refractivity (Wildman–Crippen MR) is 119 cm³/mol. The SMILES string of the molecule is Cc1ccc2nc(/C=C/c3ccccn3)nc(NCc3ccc(CN)cc3)c2c1. The second kappa shape index (κ2) is 8.63. The first-order valence-corrected chi connectivity index (χ1v) is 9.60. The molecule has 0 unspecified atom stereocenters. The fourth-order valence-electron chi connectivity index (χ4n) is 3.08. The maximum Gasteiger partial charge on any atom is 0.155 e. The third kappa shape index (κ3) is 4.65. The van der Waals surface area contributed by atoms with Crippen LogP contribution in [0, 0.1) is 6.92 Å². The summed E-state index contributed by atoms with van der Waals surface area (Å²) in [7, 11) is 0. The number of benzene rings is 2. The number of nitrogens with zero attached hydrogens (tertiary/aromatic N) is 3. The van der Waals surface area contributed by atoms with Crippen LogP contribution in [0.4, 0.5) is 5.82 Å². The van der Waals surface area contributed by atoms with Crippen LogP contribution >= 0.6 is 0 Å². The molecule has 0 atom stereocenters. The average Bonchev–Trinajstić information content (AvgIpc) is 2.77. The van der Waals surface area contributed by atoms with E-state index in [1.54, 1.807) is 6.20 Å². The van der Waals surface area contributed by atoms with Gasteiger partial charge in [0, 0.05) is 24.7 Å². The molecule has 4 rings (SSSR count). The summed E-state index contributed by atoms with van der Waals surface area (Å²) < 4.78 is 0. The molecule has 0 amide bonds. The molecule has 0 aliphatic carbocycles. The van der Waals surface area contributed by atoms with E-state index in [-0.39, 0.29) is 0 Å². The monoisotopic (exact) mass is 381 g/mol. The lowest BCUT2D eigenvalue weighted by molar-refractivity contribution is 1.05. The van der Waals surface area contributed by atoms with Crippen molar-refractivity contribution in [2.75, 3.05) is 5.32 Å². The number of pyridine rings is 1. The number of aryl methyl sites for hydroxylation is 1. The maximum atomic E-state index is 5.68. The van der Waals surface area contributed by atoms with Crippen molar-refractivity contribution in [3.63, 3.8) is 0 Å². The molecule has 0 saturated heterocycles. The number of rotatable bonds is 6. The highest BCUT2D eigenvalue weighted by molar-refractivity contribution is 5.90. The highest BCUT2D eigenvalue weighted by Crippen LogP contribution is 2.23. The van der Waals surface area contributed by atoms with E-state index >= 15 is 0 Å². The van der Waals surface area contributed by atoms with Gasteiger partial charge in [-0.3, -0.25) is 4.98 Å². The Balaban J connectivity index is 1.64. The Bertz CT molecular complexity index is 1140. The Labute approximate surface area is 170 Å². The lowest BCUT2D eigenvalue weighted by Gasteiger charge is -2.11. The van der Waals surface area contributed by atoms with Gasteiger partial charge in [0.05, 0.1) is 11.2 Å². The van der Waals surface area contributed by atoms with Gasteiger partial charge in [0.25, 0.3) is 0 Å². The Morgan fingerprint density at radius 1 is 0.931 bits per heavy atom. The zero-order valence-electron chi connectivity index (χ0n) is 16.3. The molecule has 5 nitrogen and oxygen atoms in total. The van der Waals surface area contributed by atoms with Gasteiger partial charge < -0.3 is 11.1 Å². The number of fused-ring (bicyclic) bond motifs is 1. The first kappa shape index (κ1) is 18.8. The molecular formula is C24H23N5. The van der Waals surface area contributed by atoms with E-state index in [4.69, 9.17) is 15.7 Å². The van der Waals surface area contributed by atoms with Crippen molar-refractivity contribution in [1.29, 1.82) is 0 Å². The quantitative estimate of drug-likeness (QED) is 0.511. The van der Waals surface area contributed by atoms with E-state index in [9.17, 15) is 0 Å². The molecule has 0 aliphatic heterocycles. The van der Waals surface area contributed by atoms with E-state index in [0.29, 0.717) is 18.9 Å². The smallest absolute Gasteiger partial charge is 0.155 e. The summed E-state index contributed by atoms with van der Waals surface area (Å²) in [5, 5.41) is 4.49. The molecule has 3 N–H and O–H groups in total. The molecule has 0 fully saturated rings. The lowest BCUT2D eigenvalue weighted by atomic mass is 10.1. The molecule has 0 aliphatic rings. The van der Waals surface area contributed by atoms with E-state index < -0.39 is 0 Å². The average molecular weight is 381 g/mol. The van der Waals surface area contributed by atoms with Gasteiger partial charge in [0.2, 0.25) is 0 Å². The summed E-state index contributed by atoms with van der Waals surface area (Å²) in [5.41, 5.74) is 10.9. The van der Waals surface area contributed by atoms with Gasteiger partial charge in [0.1, 0.15) is 5.82 Å². The predicted octanol–water partition coefficient (Wildman–Crippen LogP) is 4.57. The van der Waals surface area contributed by atoms with Crippen molar-refractivity contribution in [2.24, 2.45) is 5.73 Å². The second-order valence-electron chi connectivity index (χ2n) is 6.91. The van der Waals surface area contributed by atoms with Gasteiger partial charge in [-0.05, 0) is 54.5 Å². The first-order valence-electron chi connectivity index (χ1n) is 9.60. The standard InChI is InChI=1S/C24H23N5/c1-17-5-11-22-21(14-17)24(27-16-19-8-6-18(15-25)7-9-19)29-23(28-22)12-10-20-4-2-3-13-26-20/h2-14H,15-16,25H2,1H3,(H,27,28,29)/b12-10+. The summed E-state index contributed by atoms with van der Waals surface area (Å²) >= 11 is 0. The van der Waals surface area contributed by atoms with Crippen LogP contribution in [0.25, 0.3) is 23.1 Å². The Morgan fingerprint density at radius 3 is 2.52 bits per heavy atom. The minimum absolute atomic E-state index is 0.551. The third-order valence-corrected chi connectivity index (χ3v) is 4.68. The van der Waals surface area contributed by atoms with Gasteiger partial charge in [0.15, 0.2) is 5.82 Å². The fraction of sp³-hybridized carbons (Fsp3) is 0.125. The fourth-order valence-corrected chi connectivity index (χ4v) is 3.08. The van der Waals surface area contributed by atoms with Gasteiger partial charge in [-0.1, -0.05) is 42.0 Å². The second-order valence-corrected chi connectivity index (χ2v) is 6.91. The normalized spacial score (nSPS) is 11.2. The lowest BCUT2D eigenvalue weighted by Crippen LogP contribution is -2.05. The highest BCUT2D eigenvalue weighted by Gasteiger charge is 2.07. The molecule has 0 bridgehead atoms. The van der Waals surface area contributed by atoms with Crippen molar-refractivity contribution >= 4 is 28.9 Å². The summed E-state index contributed by atoms with van der Waals surface area (Å²) in [4.78, 5) is 13.8. The van der Waals surface area contributed by atoms with Crippen molar-refractivity contribution in [3.8, 4) is 0 Å². The van der Waals surface area contributed by atoms with Crippen LogP contribution in [-0.4, -0.2) is 15.0 Å². The highest BCUT2D eigenvalue weighted by atomic mass is 15.0. The number of anilines is 1. The summed E-state index contributed by atoms with van der Waals surface area (Å²) in [5.74, 6) is 1.47. The van der Waals surface area contributed by atoms with Crippen LogP contribution in [0.15, 0.2) is 66.9 Å². The molecule has 4 aromatic rings. The van der Waals surface area contributed by atoms with Crippen LogP contribution in [0.1, 0.15) is 28.2 Å². The zero-order valence-corrected chi connectivity index (χ0v) is 16.3. The number of aromatic nitrogens is 3. The topological polar surface area (TPSA) is 76.7 Å². The molecule has 2 aromatic heterocycles. The van der Waals surface area contributed by atoms with Crippen LogP contribution in [0.5, 0.6) is 0 Å². The third-order valence-electron chi connectivity index (χ3n) is 4.68. The molecular weight excluding hydrogens is 358 g/mol. The van der Waals surface area contributed by atoms with Gasteiger partial charge in [-0.2, -0.15) is 0 Å². The van der Waals surface area contributed by atoms with Crippen molar-refractivity contribution in [2.45, 2.75) is 20.0 Å². The maximum absolute atomic E-state index is 5.68. The minimum atomic E-state index is 0.551. The van der Waals surface area contributed by atoms with E-state index in [0.717, 1.165) is 28.0 Å². The Hall–Kier alpha value is -3.57. The molecule has 144 valence electrons. The zero-order chi connectivity index (χ0) is 20.1. The van der Waals surface area contributed by atoms with Crippen LogP contribution < -0.4 is 11.1 Å². The van der Waals surface area contributed by atoms with Gasteiger partial charge in [-0.15, -0.1) is 0 Å². The van der Waals surface area contributed by atoms with E-state index in [1.807, 2.05) is 36.4 Å². The minimum Gasteiger partial charge on any atom is -0.365 e. The number of hydrogen-bond donors (Lipinski definition) is 2. The van der Waals surface area contributed by atoms with Crippen molar-refractivity contribution < 1.29 is 0 Å². The molecule has 0 radical (unpaired) electrons. The molecule has 5 heteroatoms. The Kier molecular flexibility index (Phi) is 5.59. The van der Waals surface area contributed by atoms with Gasteiger partial charge in [-0.25, -0.2) is 9.97 Å². The van der Waals surface area contributed by atoms with Crippen molar-refractivity contribution in [1.82, 2.24) is 15.0 Å². The number of hydrogen-bond acceptors (Lipinski definition) is 5. The largest absolute Gasteiger partial charge is 0.365 e. The van der Waals surface area contributed by atoms with Gasteiger partial charge >= 0.3 is 0 Å². The van der Waals surface area contributed by atoms with Crippen molar-refractivity contribution in [3.05, 3.63) is 95.1 Å². The Morgan fingerprint density at radius 2 is 1.76 bits per heavy atom. The molecule has 29 heavy (non-hydrogen) atoms. The van der Waals surface area contributed by atoms with Crippen LogP contribution in [0.2, 0.25) is 0 Å². The molecule has 2 aromatic carbocycles. The van der Waals surface area contributed by atoms with E-state index in [1.165, 1.54) is 11.1 Å². The number of nitrogens with two attached hydrogens (primary N) is 1. The van der Waals surface area contributed by atoms with Crippen LogP contribution in [-0.2, 0) is 13.1 Å². The molecule has 2 heterocycles. The summed E-state index contributed by atoms with van der Waals surface area (Å²) in [6.45, 7) is 3.30. The molecule has 0 saturated carbocycles. The number of nitrogens with one attached hydrogen (secondary N) is 1. The summed E-state index contributed by atoms with van der Waals surface area (Å²) in [6, 6.07) is 20.3. The summed E-state index contributed by atoms with van der Waals surface area (Å²) in [6.07, 6.45) is 5.58.